The number of rotatable bonds is 6. The van der Waals surface area contributed by atoms with E-state index in [-0.39, 0.29) is 23.1 Å². The van der Waals surface area contributed by atoms with Crippen LogP contribution in [0.25, 0.3) is 5.57 Å². The second kappa shape index (κ2) is 8.94. The van der Waals surface area contributed by atoms with Crippen LogP contribution >= 0.6 is 0 Å². The van der Waals surface area contributed by atoms with E-state index >= 15 is 0 Å². The van der Waals surface area contributed by atoms with Crippen molar-refractivity contribution in [2.75, 3.05) is 36.9 Å². The number of hydrogen-bond donors (Lipinski definition) is 5. The van der Waals surface area contributed by atoms with Crippen LogP contribution in [0.1, 0.15) is 31.7 Å². The molecule has 0 radical (unpaired) electrons. The minimum Gasteiger partial charge on any atom is -0.387 e. The largest absolute Gasteiger partial charge is 0.387 e. The molecular weight excluding hydrogens is 453 g/mol. The van der Waals surface area contributed by atoms with Gasteiger partial charge in [-0.25, -0.2) is 4.39 Å². The molecule has 4 aliphatic rings. The second-order valence-corrected chi connectivity index (χ2v) is 9.47. The predicted octanol–water partition coefficient (Wildman–Crippen LogP) is 1.25. The van der Waals surface area contributed by atoms with Crippen molar-refractivity contribution in [2.45, 2.75) is 37.8 Å². The Morgan fingerprint density at radius 2 is 2.09 bits per heavy atom. The van der Waals surface area contributed by atoms with E-state index in [0.717, 1.165) is 37.8 Å². The molecule has 0 aliphatic carbocycles. The molecule has 0 bridgehead atoms. The van der Waals surface area contributed by atoms with E-state index in [0.29, 0.717) is 16.8 Å². The van der Waals surface area contributed by atoms with E-state index in [2.05, 4.69) is 26.2 Å². The van der Waals surface area contributed by atoms with Crippen molar-refractivity contribution < 1.29 is 23.9 Å². The summed E-state index contributed by atoms with van der Waals surface area (Å²) in [6.07, 6.45) is 8.41. The summed E-state index contributed by atoms with van der Waals surface area (Å²) in [5, 5.41) is 20.4. The SMILES string of the molecule is CC1(/C=C2\C(=O)Nc3cc(NC(=O)CO)c(F)cc32)NC2=C(C1=O)C(CCN1CCCC1)NC=C2. The highest BCUT2D eigenvalue weighted by atomic mass is 19.1. The van der Waals surface area contributed by atoms with E-state index in [1.807, 2.05) is 12.3 Å². The number of dihydropyridines is 1. The number of carbonyl (C=O) groups excluding carboxylic acids is 3. The van der Waals surface area contributed by atoms with Gasteiger partial charge < -0.3 is 31.3 Å². The third kappa shape index (κ3) is 4.23. The third-order valence-electron chi connectivity index (χ3n) is 6.97. The summed E-state index contributed by atoms with van der Waals surface area (Å²) in [5.41, 5.74) is 0.848. The number of anilines is 2. The first-order valence-electron chi connectivity index (χ1n) is 11.8. The molecule has 10 heteroatoms. The Labute approximate surface area is 202 Å². The number of nitrogens with one attached hydrogen (secondary N) is 4. The number of halogens is 1. The molecule has 0 aromatic heterocycles. The number of likely N-dealkylation sites (tertiary alicyclic amines) is 1. The van der Waals surface area contributed by atoms with Crippen molar-refractivity contribution in [3.05, 3.63) is 53.1 Å². The molecule has 5 rings (SSSR count). The molecule has 1 fully saturated rings. The molecular formula is C25H28FN5O4. The Bertz CT molecular complexity index is 1200. The minimum absolute atomic E-state index is 0.128. The zero-order chi connectivity index (χ0) is 24.7. The number of aliphatic hydroxyl groups is 1. The number of benzene rings is 1. The fourth-order valence-corrected chi connectivity index (χ4v) is 5.19. The molecule has 184 valence electrons. The smallest absolute Gasteiger partial charge is 0.256 e. The Kier molecular flexibility index (Phi) is 5.94. The molecule has 1 aromatic carbocycles. The van der Waals surface area contributed by atoms with E-state index in [1.165, 1.54) is 18.9 Å². The zero-order valence-corrected chi connectivity index (χ0v) is 19.4. The summed E-state index contributed by atoms with van der Waals surface area (Å²) in [5.74, 6) is -2.12. The van der Waals surface area contributed by atoms with E-state index in [9.17, 15) is 18.8 Å². The van der Waals surface area contributed by atoms with Gasteiger partial charge in [-0.2, -0.15) is 0 Å². The lowest BCUT2D eigenvalue weighted by Crippen LogP contribution is -2.43. The number of amides is 2. The Morgan fingerprint density at radius 1 is 1.31 bits per heavy atom. The van der Waals surface area contributed by atoms with E-state index in [4.69, 9.17) is 5.11 Å². The van der Waals surface area contributed by atoms with Crippen LogP contribution in [-0.4, -0.2) is 65.4 Å². The summed E-state index contributed by atoms with van der Waals surface area (Å²) in [7, 11) is 0. The van der Waals surface area contributed by atoms with Crippen molar-refractivity contribution in [1.29, 1.82) is 0 Å². The topological polar surface area (TPSA) is 123 Å². The number of nitrogens with zero attached hydrogens (tertiary/aromatic N) is 1. The van der Waals surface area contributed by atoms with Crippen LogP contribution in [0.4, 0.5) is 15.8 Å². The first-order chi connectivity index (χ1) is 16.8. The number of fused-ring (bicyclic) bond motifs is 1. The maximum atomic E-state index is 14.7. The van der Waals surface area contributed by atoms with Gasteiger partial charge >= 0.3 is 0 Å². The standard InChI is InChI=1S/C25H28FN5O4/c1-25(12-15-14-10-16(26)20(28-21(33)13-32)11-19(14)29-24(15)35)23(34)22-17(27-6-4-18(22)30-25)5-9-31-7-2-3-8-31/h4,6,10-12,17,27,30,32H,2-3,5,7-9,13H2,1H3,(H,28,33)(H,29,35)/b15-12-. The molecule has 0 saturated carbocycles. The highest BCUT2D eigenvalue weighted by molar-refractivity contribution is 6.32. The molecule has 2 amide bonds. The van der Waals surface area contributed by atoms with Crippen LogP contribution in [0.2, 0.25) is 0 Å². The molecule has 35 heavy (non-hydrogen) atoms. The van der Waals surface area contributed by atoms with Gasteiger partial charge in [-0.15, -0.1) is 0 Å². The van der Waals surface area contributed by atoms with Crippen molar-refractivity contribution >= 4 is 34.5 Å². The second-order valence-electron chi connectivity index (χ2n) is 9.47. The van der Waals surface area contributed by atoms with Gasteiger partial charge in [0.05, 0.1) is 17.4 Å². The summed E-state index contributed by atoms with van der Waals surface area (Å²) < 4.78 is 14.7. The quantitative estimate of drug-likeness (QED) is 0.388. The molecule has 1 aromatic rings. The average Bonchev–Trinajstić information content (AvgIpc) is 3.52. The molecule has 0 spiro atoms. The highest BCUT2D eigenvalue weighted by Crippen LogP contribution is 2.39. The van der Waals surface area contributed by atoms with Crippen LogP contribution in [0, 0.1) is 5.82 Å². The van der Waals surface area contributed by atoms with Gasteiger partial charge in [0.1, 0.15) is 18.0 Å². The monoisotopic (exact) mass is 481 g/mol. The number of Topliss-reactive ketones (excluding diaryl/α,β-unsaturated/α-hetero) is 1. The lowest BCUT2D eigenvalue weighted by molar-refractivity contribution is -0.119. The number of allylic oxidation sites excluding steroid dienone is 1. The average molecular weight is 482 g/mol. The van der Waals surface area contributed by atoms with Crippen LogP contribution < -0.4 is 21.3 Å². The normalized spacial score (nSPS) is 26.5. The van der Waals surface area contributed by atoms with Gasteiger partial charge in [-0.05, 0) is 69.8 Å². The summed E-state index contributed by atoms with van der Waals surface area (Å²) in [6, 6.07) is 2.31. The summed E-state index contributed by atoms with van der Waals surface area (Å²) >= 11 is 0. The Hall–Kier alpha value is -3.50. The number of aliphatic hydroxyl groups excluding tert-OH is 1. The van der Waals surface area contributed by atoms with Crippen molar-refractivity contribution in [1.82, 2.24) is 15.5 Å². The first kappa shape index (κ1) is 23.3. The maximum Gasteiger partial charge on any atom is 0.256 e. The van der Waals surface area contributed by atoms with Gasteiger partial charge in [-0.1, -0.05) is 0 Å². The molecule has 2 atom stereocenters. The third-order valence-corrected chi connectivity index (χ3v) is 6.97. The van der Waals surface area contributed by atoms with Crippen LogP contribution in [-0.2, 0) is 14.4 Å². The van der Waals surface area contributed by atoms with Crippen molar-refractivity contribution in [2.24, 2.45) is 0 Å². The van der Waals surface area contributed by atoms with Crippen LogP contribution in [0.3, 0.4) is 0 Å². The zero-order valence-electron chi connectivity index (χ0n) is 19.4. The lowest BCUT2D eigenvalue weighted by atomic mass is 9.87. The number of carbonyl (C=O) groups is 3. The summed E-state index contributed by atoms with van der Waals surface area (Å²) in [6.45, 7) is 3.99. The molecule has 5 N–H and O–H groups in total. The molecule has 2 unspecified atom stereocenters. The van der Waals surface area contributed by atoms with E-state index in [1.54, 1.807) is 13.0 Å². The van der Waals surface area contributed by atoms with Gasteiger partial charge in [-0.3, -0.25) is 14.4 Å². The number of hydrogen-bond acceptors (Lipinski definition) is 7. The molecule has 1 saturated heterocycles. The fourth-order valence-electron chi connectivity index (χ4n) is 5.19. The number of ketones is 1. The molecule has 9 nitrogen and oxygen atoms in total. The molecule has 4 heterocycles. The van der Waals surface area contributed by atoms with Gasteiger partial charge in [0.25, 0.3) is 5.91 Å². The first-order valence-corrected chi connectivity index (χ1v) is 11.8. The Morgan fingerprint density at radius 3 is 2.83 bits per heavy atom. The van der Waals surface area contributed by atoms with Gasteiger partial charge in [0, 0.05) is 29.0 Å². The predicted molar refractivity (Wildman–Crippen MR) is 129 cm³/mol. The highest BCUT2D eigenvalue weighted by Gasteiger charge is 2.45. The molecule has 4 aliphatic heterocycles. The van der Waals surface area contributed by atoms with Crippen molar-refractivity contribution in [3.63, 3.8) is 0 Å². The lowest BCUT2D eigenvalue weighted by Gasteiger charge is -2.25. The van der Waals surface area contributed by atoms with E-state index < -0.39 is 29.8 Å². The van der Waals surface area contributed by atoms with Gasteiger partial charge in [0.2, 0.25) is 5.91 Å². The summed E-state index contributed by atoms with van der Waals surface area (Å²) in [4.78, 5) is 40.3. The fraction of sp³-hybridized carbons (Fsp3) is 0.400. The van der Waals surface area contributed by atoms with Crippen LogP contribution in [0.15, 0.2) is 41.8 Å². The van der Waals surface area contributed by atoms with Crippen molar-refractivity contribution in [3.8, 4) is 0 Å². The van der Waals surface area contributed by atoms with Crippen LogP contribution in [0.5, 0.6) is 0 Å². The minimum atomic E-state index is -1.18. The Balaban J connectivity index is 1.40. The van der Waals surface area contributed by atoms with Gasteiger partial charge in [0.15, 0.2) is 5.78 Å². The maximum absolute atomic E-state index is 14.7.